The van der Waals surface area contributed by atoms with Gasteiger partial charge in [-0.1, -0.05) is 12.1 Å². The van der Waals surface area contributed by atoms with Gasteiger partial charge in [0.2, 0.25) is 5.91 Å². The summed E-state index contributed by atoms with van der Waals surface area (Å²) in [5.74, 6) is 1.09. The van der Waals surface area contributed by atoms with Crippen LogP contribution in [-0.4, -0.2) is 44.7 Å². The molecule has 2 aromatic rings. The van der Waals surface area contributed by atoms with E-state index in [1.54, 1.807) is 25.9 Å². The predicted molar refractivity (Wildman–Crippen MR) is 116 cm³/mol. The second-order valence-corrected chi connectivity index (χ2v) is 7.99. The van der Waals surface area contributed by atoms with Crippen LogP contribution in [0.5, 0.6) is 11.5 Å². The molecule has 160 valence electrons. The lowest BCUT2D eigenvalue weighted by Crippen LogP contribution is -3.09. The summed E-state index contributed by atoms with van der Waals surface area (Å²) in [5.41, 5.74) is 1.46. The van der Waals surface area contributed by atoms with Crippen molar-refractivity contribution in [2.75, 3.05) is 37.5 Å². The van der Waals surface area contributed by atoms with Crippen LogP contribution < -0.4 is 24.6 Å². The molecule has 1 atom stereocenters. The number of likely N-dealkylation sites (N-methyl/N-ethyl adjacent to an activating group) is 1. The summed E-state index contributed by atoms with van der Waals surface area (Å²) in [6.07, 6.45) is 0. The van der Waals surface area contributed by atoms with Crippen LogP contribution in [0.3, 0.4) is 0 Å². The van der Waals surface area contributed by atoms with Crippen molar-refractivity contribution in [1.82, 2.24) is 0 Å². The van der Waals surface area contributed by atoms with Gasteiger partial charge in [-0.05, 0) is 51.1 Å². The Balaban J connectivity index is 1.76. The minimum absolute atomic E-state index is 0.0994. The maximum Gasteiger partial charge on any atom is 0.283 e. The average Bonchev–Trinajstić information content (AvgIpc) is 2.69. The molecule has 1 aliphatic rings. The third kappa shape index (κ3) is 4.26. The summed E-state index contributed by atoms with van der Waals surface area (Å²) in [7, 11) is 3.58. The zero-order valence-corrected chi connectivity index (χ0v) is 18.2. The van der Waals surface area contributed by atoms with Crippen molar-refractivity contribution in [1.29, 1.82) is 0 Å². The van der Waals surface area contributed by atoms with E-state index in [0.717, 1.165) is 16.2 Å². The van der Waals surface area contributed by atoms with Crippen molar-refractivity contribution in [2.24, 2.45) is 0 Å². The number of hydrogen-bond donors (Lipinski definition) is 2. The molecule has 0 fully saturated rings. The van der Waals surface area contributed by atoms with Gasteiger partial charge in [-0.15, -0.1) is 0 Å². The number of ether oxygens (including phenoxy) is 2. The molecule has 7 heteroatoms. The van der Waals surface area contributed by atoms with Gasteiger partial charge < -0.3 is 19.7 Å². The van der Waals surface area contributed by atoms with Gasteiger partial charge in [0.1, 0.15) is 12.1 Å². The topological polar surface area (TPSA) is 72.3 Å². The third-order valence-corrected chi connectivity index (χ3v) is 5.24. The van der Waals surface area contributed by atoms with E-state index in [2.05, 4.69) is 5.32 Å². The lowest BCUT2D eigenvalue weighted by atomic mass is 9.96. The molecule has 0 spiro atoms. The Bertz CT molecular complexity index is 942. The highest BCUT2D eigenvalue weighted by molar-refractivity contribution is 6.14. The minimum Gasteiger partial charge on any atom is -0.493 e. The molecular weight excluding hydrogens is 382 g/mol. The fourth-order valence-corrected chi connectivity index (χ4v) is 3.74. The third-order valence-electron chi connectivity index (χ3n) is 5.24. The van der Waals surface area contributed by atoms with Crippen molar-refractivity contribution >= 4 is 23.2 Å². The summed E-state index contributed by atoms with van der Waals surface area (Å²) >= 11 is 0. The van der Waals surface area contributed by atoms with Crippen molar-refractivity contribution in [3.63, 3.8) is 0 Å². The number of fused-ring (bicyclic) bond motifs is 1. The van der Waals surface area contributed by atoms with E-state index in [0.29, 0.717) is 30.3 Å². The summed E-state index contributed by atoms with van der Waals surface area (Å²) in [5, 5.41) is 2.89. The number of nitrogens with one attached hydrogen (secondary N) is 2. The van der Waals surface area contributed by atoms with Crippen molar-refractivity contribution in [3.8, 4) is 11.5 Å². The normalized spacial score (nSPS) is 15.8. The maximum atomic E-state index is 13.3. The van der Waals surface area contributed by atoms with Gasteiger partial charge >= 0.3 is 0 Å². The molecular formula is C23H30N3O4+. The monoisotopic (exact) mass is 412 g/mol. The number of benzene rings is 2. The van der Waals surface area contributed by atoms with Gasteiger partial charge in [-0.2, -0.15) is 0 Å². The lowest BCUT2D eigenvalue weighted by Gasteiger charge is -2.42. The van der Waals surface area contributed by atoms with E-state index in [1.165, 1.54) is 0 Å². The Morgan fingerprint density at radius 3 is 2.60 bits per heavy atom. The molecule has 3 rings (SSSR count). The zero-order valence-electron chi connectivity index (χ0n) is 18.2. The molecule has 0 saturated heterocycles. The summed E-state index contributed by atoms with van der Waals surface area (Å²) in [4.78, 5) is 28.5. The molecule has 2 N–H and O–H groups in total. The van der Waals surface area contributed by atoms with Crippen LogP contribution in [0.2, 0.25) is 0 Å². The Morgan fingerprint density at radius 2 is 1.90 bits per heavy atom. The molecule has 1 unspecified atom stereocenters. The van der Waals surface area contributed by atoms with E-state index < -0.39 is 5.54 Å². The fourth-order valence-electron chi connectivity index (χ4n) is 3.74. The maximum absolute atomic E-state index is 13.3. The number of nitrogens with zero attached hydrogens (tertiary/aromatic N) is 1. The van der Waals surface area contributed by atoms with Crippen LogP contribution in [-0.2, 0) is 16.1 Å². The zero-order chi connectivity index (χ0) is 21.9. The lowest BCUT2D eigenvalue weighted by molar-refractivity contribution is -0.885. The first-order chi connectivity index (χ1) is 14.3. The molecule has 0 radical (unpaired) electrons. The summed E-state index contributed by atoms with van der Waals surface area (Å²) in [6.45, 7) is 6.91. The Morgan fingerprint density at radius 1 is 1.17 bits per heavy atom. The minimum atomic E-state index is -0.964. The van der Waals surface area contributed by atoms with Crippen LogP contribution in [0.15, 0.2) is 42.5 Å². The summed E-state index contributed by atoms with van der Waals surface area (Å²) in [6, 6.07) is 13.2. The largest absolute Gasteiger partial charge is 0.493 e. The molecule has 1 aliphatic heterocycles. The summed E-state index contributed by atoms with van der Waals surface area (Å²) < 4.78 is 11.0. The number of hydrogen-bond acceptors (Lipinski definition) is 4. The molecule has 0 saturated carbocycles. The Kier molecular flexibility index (Phi) is 6.31. The van der Waals surface area contributed by atoms with Crippen LogP contribution >= 0.6 is 0 Å². The molecule has 2 aromatic carbocycles. The molecule has 30 heavy (non-hydrogen) atoms. The number of methoxy groups -OCH3 is 1. The van der Waals surface area contributed by atoms with Gasteiger partial charge in [-0.3, -0.25) is 14.5 Å². The number of carbonyl (C=O) groups is 2. The van der Waals surface area contributed by atoms with Crippen molar-refractivity contribution in [2.45, 2.75) is 32.9 Å². The number of quaternary nitrogens is 1. The fraction of sp³-hybridized carbons (Fsp3) is 0.391. The van der Waals surface area contributed by atoms with Gasteiger partial charge in [0.15, 0.2) is 18.0 Å². The van der Waals surface area contributed by atoms with Gasteiger partial charge in [0.25, 0.3) is 5.91 Å². The number of amides is 2. The van der Waals surface area contributed by atoms with Crippen LogP contribution in [0.1, 0.15) is 26.3 Å². The van der Waals surface area contributed by atoms with E-state index in [-0.39, 0.29) is 18.4 Å². The number of para-hydroxylation sites is 2. The van der Waals surface area contributed by atoms with E-state index in [9.17, 15) is 9.59 Å². The van der Waals surface area contributed by atoms with Gasteiger partial charge in [0, 0.05) is 5.56 Å². The van der Waals surface area contributed by atoms with Crippen LogP contribution in [0.25, 0.3) is 0 Å². The highest BCUT2D eigenvalue weighted by Gasteiger charge is 2.44. The van der Waals surface area contributed by atoms with Crippen molar-refractivity contribution < 1.29 is 24.0 Å². The van der Waals surface area contributed by atoms with Crippen molar-refractivity contribution in [3.05, 3.63) is 48.0 Å². The number of anilines is 2. The number of rotatable bonds is 7. The molecule has 1 heterocycles. The van der Waals surface area contributed by atoms with E-state index in [1.807, 2.05) is 56.4 Å². The average molecular weight is 413 g/mol. The first-order valence-corrected chi connectivity index (χ1v) is 10.1. The smallest absolute Gasteiger partial charge is 0.283 e. The number of carbonyl (C=O) groups excluding carboxylic acids is 2. The first kappa shape index (κ1) is 21.6. The van der Waals surface area contributed by atoms with E-state index >= 15 is 0 Å². The van der Waals surface area contributed by atoms with Gasteiger partial charge in [-0.25, -0.2) is 0 Å². The molecule has 0 aliphatic carbocycles. The van der Waals surface area contributed by atoms with Crippen LogP contribution in [0.4, 0.5) is 11.4 Å². The van der Waals surface area contributed by atoms with Crippen LogP contribution in [0, 0.1) is 0 Å². The second-order valence-electron chi connectivity index (χ2n) is 7.99. The highest BCUT2D eigenvalue weighted by atomic mass is 16.5. The SMILES string of the molecule is CCOc1ccc(C[NH+](C)CC(=O)N2c3ccccc3NC(=O)C2(C)C)cc1OC. The second kappa shape index (κ2) is 8.75. The quantitative estimate of drug-likeness (QED) is 0.728. The molecule has 0 aromatic heterocycles. The first-order valence-electron chi connectivity index (χ1n) is 10.1. The Labute approximate surface area is 177 Å². The molecule has 2 amide bonds. The highest BCUT2D eigenvalue weighted by Crippen LogP contribution is 2.36. The molecule has 0 bridgehead atoms. The molecule has 7 nitrogen and oxygen atoms in total. The van der Waals surface area contributed by atoms with Gasteiger partial charge in [0.05, 0.1) is 32.1 Å². The van der Waals surface area contributed by atoms with E-state index in [4.69, 9.17) is 9.47 Å². The standard InChI is InChI=1S/C23H29N3O4/c1-6-30-19-12-11-16(13-20(19)29-5)14-25(4)15-21(27)26-18-10-8-7-9-17(18)24-22(28)23(26,2)3/h7-13H,6,14-15H2,1-5H3,(H,24,28)/p+1. The Hall–Kier alpha value is -3.06. The predicted octanol–water partition coefficient (Wildman–Crippen LogP) is 1.87.